The molecule has 2 amide bonds. The largest absolute Gasteiger partial charge is 0.337 e. The molecule has 6 heteroatoms. The van der Waals surface area contributed by atoms with Crippen LogP contribution in [0.2, 0.25) is 0 Å². The zero-order chi connectivity index (χ0) is 18.8. The molecule has 1 fully saturated rings. The van der Waals surface area contributed by atoms with Crippen molar-refractivity contribution < 1.29 is 9.32 Å². The molecular formula is C21H28N4O2. The maximum atomic E-state index is 12.7. The lowest BCUT2D eigenvalue weighted by atomic mass is 9.89. The molecule has 27 heavy (non-hydrogen) atoms. The Morgan fingerprint density at radius 3 is 2.89 bits per heavy atom. The minimum absolute atomic E-state index is 0.0776. The first kappa shape index (κ1) is 18.0. The number of hydrogen-bond acceptors (Lipinski definition) is 4. The molecule has 1 aromatic heterocycles. The first-order chi connectivity index (χ1) is 13.1. The van der Waals surface area contributed by atoms with Crippen LogP contribution in [0.3, 0.4) is 0 Å². The van der Waals surface area contributed by atoms with E-state index >= 15 is 0 Å². The predicted octanol–water partition coefficient (Wildman–Crippen LogP) is 4.25. The van der Waals surface area contributed by atoms with E-state index in [1.54, 1.807) is 0 Å². The van der Waals surface area contributed by atoms with E-state index in [1.165, 1.54) is 36.0 Å². The van der Waals surface area contributed by atoms with Crippen molar-refractivity contribution >= 4 is 6.03 Å². The number of nitrogens with zero attached hydrogens (tertiary/aromatic N) is 3. The molecule has 0 spiro atoms. The van der Waals surface area contributed by atoms with Gasteiger partial charge in [-0.15, -0.1) is 0 Å². The second-order valence-corrected chi connectivity index (χ2v) is 7.94. The van der Waals surface area contributed by atoms with E-state index in [0.29, 0.717) is 18.4 Å². The molecule has 4 rings (SSSR count). The highest BCUT2D eigenvalue weighted by Crippen LogP contribution is 2.31. The minimum Gasteiger partial charge on any atom is -0.337 e. The van der Waals surface area contributed by atoms with Gasteiger partial charge in [-0.25, -0.2) is 4.79 Å². The van der Waals surface area contributed by atoms with Crippen molar-refractivity contribution in [2.24, 2.45) is 0 Å². The fourth-order valence-electron chi connectivity index (χ4n) is 4.14. The molecule has 1 atom stereocenters. The lowest BCUT2D eigenvalue weighted by Crippen LogP contribution is -2.43. The van der Waals surface area contributed by atoms with Gasteiger partial charge in [0.15, 0.2) is 5.82 Å². The molecule has 1 aliphatic heterocycles. The Morgan fingerprint density at radius 2 is 2.07 bits per heavy atom. The summed E-state index contributed by atoms with van der Waals surface area (Å²) >= 11 is 0. The zero-order valence-corrected chi connectivity index (χ0v) is 16.2. The Hall–Kier alpha value is -2.37. The van der Waals surface area contributed by atoms with E-state index in [1.807, 2.05) is 11.8 Å². The van der Waals surface area contributed by atoms with Crippen LogP contribution >= 0.6 is 0 Å². The normalized spacial score (nSPS) is 18.8. The smallest absolute Gasteiger partial charge is 0.318 e. The summed E-state index contributed by atoms with van der Waals surface area (Å²) in [6, 6.07) is 6.09. The Kier molecular flexibility index (Phi) is 5.14. The van der Waals surface area contributed by atoms with Gasteiger partial charge in [-0.05, 0) is 44.2 Å². The summed E-state index contributed by atoms with van der Waals surface area (Å²) in [6.45, 7) is 5.38. The average molecular weight is 368 g/mol. The molecule has 1 aromatic carbocycles. The molecule has 1 saturated carbocycles. The molecule has 0 radical (unpaired) electrons. The highest BCUT2D eigenvalue weighted by Gasteiger charge is 2.26. The zero-order valence-electron chi connectivity index (χ0n) is 16.2. The number of aromatic nitrogens is 2. The minimum atomic E-state index is -0.290. The van der Waals surface area contributed by atoms with Crippen LogP contribution in [0.1, 0.15) is 79.4 Å². The van der Waals surface area contributed by atoms with E-state index in [4.69, 9.17) is 4.52 Å². The Balaban J connectivity index is 1.37. The first-order valence-corrected chi connectivity index (χ1v) is 10.1. The van der Waals surface area contributed by atoms with Crippen LogP contribution < -0.4 is 5.32 Å². The molecule has 2 heterocycles. The highest BCUT2D eigenvalue weighted by atomic mass is 16.5. The number of urea groups is 1. The summed E-state index contributed by atoms with van der Waals surface area (Å²) in [5.74, 6) is 1.70. The standard InChI is InChI=1S/C21H28N4O2/c1-14-8-9-18-13-25(11-10-17(18)12-14)21(26)22-15(2)20-23-19(24-27-20)16-6-4-3-5-7-16/h8-9,12,15-16H,3-7,10-11,13H2,1-2H3,(H,22,26). The van der Waals surface area contributed by atoms with Gasteiger partial charge < -0.3 is 14.7 Å². The summed E-state index contributed by atoms with van der Waals surface area (Å²) < 4.78 is 5.44. The second-order valence-electron chi connectivity index (χ2n) is 7.94. The fourth-order valence-corrected chi connectivity index (χ4v) is 4.14. The van der Waals surface area contributed by atoms with Gasteiger partial charge in [0.1, 0.15) is 6.04 Å². The van der Waals surface area contributed by atoms with Gasteiger partial charge in [0.2, 0.25) is 5.89 Å². The highest BCUT2D eigenvalue weighted by molar-refractivity contribution is 5.75. The third-order valence-corrected chi connectivity index (χ3v) is 5.80. The lowest BCUT2D eigenvalue weighted by Gasteiger charge is -2.30. The topological polar surface area (TPSA) is 71.3 Å². The number of rotatable bonds is 3. The van der Waals surface area contributed by atoms with E-state index < -0.39 is 0 Å². The molecule has 0 saturated heterocycles. The van der Waals surface area contributed by atoms with E-state index in [2.05, 4.69) is 40.6 Å². The summed E-state index contributed by atoms with van der Waals surface area (Å²) in [7, 11) is 0. The number of aryl methyl sites for hydroxylation is 1. The SMILES string of the molecule is Cc1ccc2c(c1)CCN(C(=O)NC(C)c1nc(C3CCCCC3)no1)C2. The van der Waals surface area contributed by atoms with Crippen LogP contribution in [0.15, 0.2) is 22.7 Å². The lowest BCUT2D eigenvalue weighted by molar-refractivity contribution is 0.186. The Bertz CT molecular complexity index is 810. The van der Waals surface area contributed by atoms with Crippen molar-refractivity contribution in [3.8, 4) is 0 Å². The van der Waals surface area contributed by atoms with E-state index in [-0.39, 0.29) is 12.1 Å². The predicted molar refractivity (Wildman–Crippen MR) is 102 cm³/mol. The Morgan fingerprint density at radius 1 is 1.26 bits per heavy atom. The maximum Gasteiger partial charge on any atom is 0.318 e. The molecule has 144 valence electrons. The number of fused-ring (bicyclic) bond motifs is 1. The van der Waals surface area contributed by atoms with Crippen molar-refractivity contribution in [1.82, 2.24) is 20.4 Å². The molecule has 1 unspecified atom stereocenters. The average Bonchev–Trinajstić information content (AvgIpc) is 3.18. The van der Waals surface area contributed by atoms with Crippen molar-refractivity contribution in [2.75, 3.05) is 6.54 Å². The number of amides is 2. The number of hydrogen-bond donors (Lipinski definition) is 1. The molecule has 6 nitrogen and oxygen atoms in total. The molecular weight excluding hydrogens is 340 g/mol. The maximum absolute atomic E-state index is 12.7. The van der Waals surface area contributed by atoms with Gasteiger partial charge in [0.25, 0.3) is 0 Å². The van der Waals surface area contributed by atoms with Crippen LogP contribution in [0.5, 0.6) is 0 Å². The Labute approximate surface area is 160 Å². The summed E-state index contributed by atoms with van der Waals surface area (Å²) in [6.07, 6.45) is 6.92. The molecule has 2 aliphatic rings. The van der Waals surface area contributed by atoms with Crippen LogP contribution in [-0.2, 0) is 13.0 Å². The fraction of sp³-hybridized carbons (Fsp3) is 0.571. The number of benzene rings is 1. The van der Waals surface area contributed by atoms with Crippen molar-refractivity contribution in [3.05, 3.63) is 46.6 Å². The van der Waals surface area contributed by atoms with Gasteiger partial charge in [-0.1, -0.05) is 48.2 Å². The van der Waals surface area contributed by atoms with Gasteiger partial charge in [0.05, 0.1) is 0 Å². The van der Waals surface area contributed by atoms with Gasteiger partial charge in [-0.2, -0.15) is 4.98 Å². The van der Waals surface area contributed by atoms with Crippen LogP contribution in [0, 0.1) is 6.92 Å². The van der Waals surface area contributed by atoms with Crippen molar-refractivity contribution in [1.29, 1.82) is 0 Å². The molecule has 1 aliphatic carbocycles. The van der Waals surface area contributed by atoms with E-state index in [0.717, 1.165) is 31.6 Å². The number of nitrogens with one attached hydrogen (secondary N) is 1. The van der Waals surface area contributed by atoms with Gasteiger partial charge in [0, 0.05) is 19.0 Å². The van der Waals surface area contributed by atoms with E-state index in [9.17, 15) is 4.79 Å². The summed E-state index contributed by atoms with van der Waals surface area (Å²) in [4.78, 5) is 19.1. The van der Waals surface area contributed by atoms with Crippen molar-refractivity contribution in [2.45, 2.75) is 70.9 Å². The van der Waals surface area contributed by atoms with Gasteiger partial charge >= 0.3 is 6.03 Å². The monoisotopic (exact) mass is 368 g/mol. The third kappa shape index (κ3) is 3.99. The van der Waals surface area contributed by atoms with Crippen LogP contribution in [0.25, 0.3) is 0 Å². The molecule has 0 bridgehead atoms. The third-order valence-electron chi connectivity index (χ3n) is 5.80. The second kappa shape index (κ2) is 7.71. The summed E-state index contributed by atoms with van der Waals surface area (Å²) in [5, 5.41) is 7.18. The molecule has 1 N–H and O–H groups in total. The van der Waals surface area contributed by atoms with Crippen LogP contribution in [-0.4, -0.2) is 27.6 Å². The first-order valence-electron chi connectivity index (χ1n) is 10.1. The van der Waals surface area contributed by atoms with Crippen molar-refractivity contribution in [3.63, 3.8) is 0 Å². The summed E-state index contributed by atoms with van der Waals surface area (Å²) in [5.41, 5.74) is 3.85. The van der Waals surface area contributed by atoms with Gasteiger partial charge in [-0.3, -0.25) is 0 Å². The van der Waals surface area contributed by atoms with Crippen LogP contribution in [0.4, 0.5) is 4.79 Å². The molecule has 2 aromatic rings. The quantitative estimate of drug-likeness (QED) is 0.879. The number of carbonyl (C=O) groups excluding carboxylic acids is 1. The number of carbonyl (C=O) groups is 1.